The van der Waals surface area contributed by atoms with Gasteiger partial charge < -0.3 is 14.8 Å². The van der Waals surface area contributed by atoms with Gasteiger partial charge in [-0.05, 0) is 45.7 Å². The van der Waals surface area contributed by atoms with Crippen LogP contribution >= 0.6 is 23.2 Å². The zero-order valence-electron chi connectivity index (χ0n) is 17.0. The lowest BCUT2D eigenvalue weighted by Gasteiger charge is -2.39. The van der Waals surface area contributed by atoms with Crippen molar-refractivity contribution in [2.24, 2.45) is 5.84 Å². The Hall–Kier alpha value is -2.23. The second-order valence-corrected chi connectivity index (χ2v) is 8.68. The molecule has 30 heavy (non-hydrogen) atoms. The van der Waals surface area contributed by atoms with Crippen molar-refractivity contribution in [2.45, 2.75) is 51.3 Å². The summed E-state index contributed by atoms with van der Waals surface area (Å²) in [5.74, 6) is 4.77. The van der Waals surface area contributed by atoms with Gasteiger partial charge in [0.1, 0.15) is 17.4 Å². The normalized spacial score (nSPS) is 19.1. The van der Waals surface area contributed by atoms with E-state index in [0.717, 1.165) is 0 Å². The molecule has 2 atom stereocenters. The van der Waals surface area contributed by atoms with Crippen molar-refractivity contribution in [1.82, 2.24) is 15.6 Å². The second-order valence-electron chi connectivity index (χ2n) is 7.86. The molecular weight excluding hydrogens is 435 g/mol. The van der Waals surface area contributed by atoms with Crippen LogP contribution in [0.5, 0.6) is 5.75 Å². The first-order valence-electron chi connectivity index (χ1n) is 9.37. The summed E-state index contributed by atoms with van der Waals surface area (Å²) in [6.45, 7) is 5.05. The molecule has 1 fully saturated rings. The minimum absolute atomic E-state index is 0.103. The van der Waals surface area contributed by atoms with Gasteiger partial charge in [-0.3, -0.25) is 19.9 Å². The summed E-state index contributed by atoms with van der Waals surface area (Å²) in [6, 6.07) is 3.54. The number of rotatable bonds is 5. The molecule has 0 unspecified atom stereocenters. The molecule has 4 N–H and O–H groups in total. The molecule has 0 bridgehead atoms. The number of halogens is 2. The number of likely N-dealkylation sites (tertiary alicyclic amines) is 1. The van der Waals surface area contributed by atoms with Gasteiger partial charge in [-0.2, -0.15) is 0 Å². The molecule has 1 aromatic carbocycles. The van der Waals surface area contributed by atoms with Gasteiger partial charge >= 0.3 is 6.09 Å². The smallest absolute Gasteiger partial charge is 0.411 e. The Balaban J connectivity index is 1.96. The zero-order chi connectivity index (χ0) is 22.5. The van der Waals surface area contributed by atoms with E-state index in [1.54, 1.807) is 32.9 Å². The van der Waals surface area contributed by atoms with Crippen molar-refractivity contribution >= 4 is 41.1 Å². The Kier molecular flexibility index (Phi) is 8.17. The molecule has 1 heterocycles. The van der Waals surface area contributed by atoms with Crippen LogP contribution in [-0.2, 0) is 14.3 Å². The topological polar surface area (TPSA) is 123 Å². The van der Waals surface area contributed by atoms with Gasteiger partial charge in [0.05, 0.1) is 10.0 Å². The molecule has 1 aliphatic rings. The first kappa shape index (κ1) is 24.0. The highest BCUT2D eigenvalue weighted by Gasteiger charge is 2.38. The lowest BCUT2D eigenvalue weighted by Crippen LogP contribution is -2.60. The zero-order valence-corrected chi connectivity index (χ0v) is 18.5. The predicted molar refractivity (Wildman–Crippen MR) is 112 cm³/mol. The molecule has 0 aromatic heterocycles. The molecule has 1 saturated heterocycles. The van der Waals surface area contributed by atoms with Crippen molar-refractivity contribution in [3.8, 4) is 5.75 Å². The molecule has 1 aromatic rings. The van der Waals surface area contributed by atoms with E-state index >= 15 is 0 Å². The van der Waals surface area contributed by atoms with Gasteiger partial charge in [0, 0.05) is 18.7 Å². The number of hydrazine groups is 1. The van der Waals surface area contributed by atoms with Gasteiger partial charge in [0.25, 0.3) is 11.8 Å². The van der Waals surface area contributed by atoms with E-state index in [2.05, 4.69) is 10.7 Å². The Labute approximate surface area is 185 Å². The van der Waals surface area contributed by atoms with Gasteiger partial charge in [-0.15, -0.1) is 0 Å². The lowest BCUT2D eigenvalue weighted by molar-refractivity contribution is -0.128. The number of hydrogen-bond donors (Lipinski definition) is 3. The highest BCUT2D eigenvalue weighted by atomic mass is 35.5. The number of ether oxygens (including phenoxy) is 2. The summed E-state index contributed by atoms with van der Waals surface area (Å²) in [6.07, 6.45) is 0.152. The van der Waals surface area contributed by atoms with Crippen molar-refractivity contribution in [3.63, 3.8) is 0 Å². The van der Waals surface area contributed by atoms with E-state index in [-0.39, 0.29) is 25.1 Å². The van der Waals surface area contributed by atoms with Crippen LogP contribution in [0.25, 0.3) is 0 Å². The third-order valence-electron chi connectivity index (χ3n) is 4.28. The first-order chi connectivity index (χ1) is 14.0. The van der Waals surface area contributed by atoms with Crippen molar-refractivity contribution in [3.05, 3.63) is 28.2 Å². The molecule has 1 aliphatic heterocycles. The van der Waals surface area contributed by atoms with Crippen LogP contribution in [-0.4, -0.2) is 53.6 Å². The molecule has 11 heteroatoms. The Bertz CT molecular complexity index is 800. The fraction of sp³-hybridized carbons (Fsp3) is 0.526. The summed E-state index contributed by atoms with van der Waals surface area (Å²) in [5, 5.41) is 3.51. The molecule has 0 spiro atoms. The average Bonchev–Trinajstić information content (AvgIpc) is 2.67. The van der Waals surface area contributed by atoms with Crippen LogP contribution in [0.1, 0.15) is 33.6 Å². The Morgan fingerprint density at radius 3 is 2.50 bits per heavy atom. The molecule has 166 valence electrons. The fourth-order valence-electron chi connectivity index (χ4n) is 2.96. The molecule has 0 aliphatic carbocycles. The van der Waals surface area contributed by atoms with Crippen molar-refractivity contribution in [2.75, 3.05) is 13.2 Å². The quantitative estimate of drug-likeness (QED) is 0.351. The molecule has 9 nitrogen and oxygen atoms in total. The SMILES string of the molecule is CC(C)(C)OC(=O)N1C[C@@H](NC(=O)COc2ccc(Cl)c(Cl)c2)CC[C@@H]1C(=O)NN. The van der Waals surface area contributed by atoms with Crippen molar-refractivity contribution < 1.29 is 23.9 Å². The van der Waals surface area contributed by atoms with Crippen LogP contribution < -0.4 is 21.3 Å². The number of nitrogens with zero attached hydrogens (tertiary/aromatic N) is 1. The minimum Gasteiger partial charge on any atom is -0.484 e. The summed E-state index contributed by atoms with van der Waals surface area (Å²) in [7, 11) is 0. The van der Waals surface area contributed by atoms with Crippen LogP contribution in [0.3, 0.4) is 0 Å². The predicted octanol–water partition coefficient (Wildman–Crippen LogP) is 2.25. The highest BCUT2D eigenvalue weighted by molar-refractivity contribution is 6.42. The highest BCUT2D eigenvalue weighted by Crippen LogP contribution is 2.26. The number of carbonyl (C=O) groups excluding carboxylic acids is 3. The number of benzene rings is 1. The number of piperidine rings is 1. The van der Waals surface area contributed by atoms with Crippen molar-refractivity contribution in [1.29, 1.82) is 0 Å². The van der Waals surface area contributed by atoms with Gasteiger partial charge in [-0.1, -0.05) is 23.2 Å². The monoisotopic (exact) mass is 460 g/mol. The Morgan fingerprint density at radius 1 is 1.20 bits per heavy atom. The minimum atomic E-state index is -0.773. The number of carbonyl (C=O) groups is 3. The maximum atomic E-state index is 12.6. The lowest BCUT2D eigenvalue weighted by atomic mass is 9.98. The third-order valence-corrected chi connectivity index (χ3v) is 5.02. The summed E-state index contributed by atoms with van der Waals surface area (Å²) in [4.78, 5) is 38.2. The molecule has 0 saturated carbocycles. The van der Waals surface area contributed by atoms with Gasteiger partial charge in [0.2, 0.25) is 0 Å². The van der Waals surface area contributed by atoms with Crippen LogP contribution in [0, 0.1) is 0 Å². The largest absolute Gasteiger partial charge is 0.484 e. The van der Waals surface area contributed by atoms with Crippen LogP contribution in [0.15, 0.2) is 18.2 Å². The third kappa shape index (κ3) is 6.93. The molecule has 0 radical (unpaired) electrons. The standard InChI is InChI=1S/C19H26Cl2N4O5/c1-19(2,3)30-18(28)25-9-11(4-7-15(25)17(27)24-22)23-16(26)10-29-12-5-6-13(20)14(21)8-12/h5-6,8,11,15H,4,7,9-10,22H2,1-3H3,(H,23,26)(H,24,27)/t11-,15+/m0/s1. The van der Waals surface area contributed by atoms with Crippen LogP contribution in [0.2, 0.25) is 10.0 Å². The number of amides is 3. The second kappa shape index (κ2) is 10.2. The van der Waals surface area contributed by atoms with Gasteiger partial charge in [-0.25, -0.2) is 10.6 Å². The van der Waals surface area contributed by atoms with E-state index in [1.165, 1.54) is 11.0 Å². The summed E-state index contributed by atoms with van der Waals surface area (Å²) < 4.78 is 10.8. The molecule has 3 amide bonds. The maximum Gasteiger partial charge on any atom is 0.411 e. The van der Waals surface area contributed by atoms with E-state index in [4.69, 9.17) is 38.5 Å². The average molecular weight is 461 g/mol. The number of nitrogens with two attached hydrogens (primary N) is 1. The Morgan fingerprint density at radius 2 is 1.90 bits per heavy atom. The summed E-state index contributed by atoms with van der Waals surface area (Å²) >= 11 is 11.8. The molecular formula is C19H26Cl2N4O5. The fourth-order valence-corrected chi connectivity index (χ4v) is 3.25. The first-order valence-corrected chi connectivity index (χ1v) is 10.1. The van der Waals surface area contributed by atoms with E-state index in [1.807, 2.05) is 0 Å². The van der Waals surface area contributed by atoms with E-state index in [9.17, 15) is 14.4 Å². The van der Waals surface area contributed by atoms with Gasteiger partial charge in [0.15, 0.2) is 6.61 Å². The number of hydrogen-bond acceptors (Lipinski definition) is 6. The number of nitrogens with one attached hydrogen (secondary N) is 2. The van der Waals surface area contributed by atoms with E-state index in [0.29, 0.717) is 28.6 Å². The summed E-state index contributed by atoms with van der Waals surface area (Å²) in [5.41, 5.74) is 1.34. The molecule has 2 rings (SSSR count). The van der Waals surface area contributed by atoms with E-state index < -0.39 is 23.6 Å². The van der Waals surface area contributed by atoms with Crippen LogP contribution in [0.4, 0.5) is 4.79 Å². The maximum absolute atomic E-state index is 12.6.